The monoisotopic (exact) mass is 400 g/mol. The van der Waals surface area contributed by atoms with Crippen molar-refractivity contribution in [3.63, 3.8) is 0 Å². The van der Waals surface area contributed by atoms with Gasteiger partial charge in [0.2, 0.25) is 0 Å². The molecule has 0 spiro atoms. The Bertz CT molecular complexity index is 591. The van der Waals surface area contributed by atoms with Gasteiger partial charge in [-0.25, -0.2) is 0 Å². The maximum absolute atomic E-state index is 10.3. The van der Waals surface area contributed by atoms with Gasteiger partial charge in [0.25, 0.3) is 6.47 Å². The van der Waals surface area contributed by atoms with Crippen molar-refractivity contribution in [2.45, 2.75) is 71.6 Å². The van der Waals surface area contributed by atoms with Gasteiger partial charge in [-0.1, -0.05) is 42.0 Å². The van der Waals surface area contributed by atoms with E-state index in [9.17, 15) is 9.90 Å². The lowest BCUT2D eigenvalue weighted by Gasteiger charge is -2.28. The number of allylic oxidation sites excluding steroid dienone is 3. The van der Waals surface area contributed by atoms with Crippen molar-refractivity contribution < 1.29 is 14.6 Å². The molecule has 1 aliphatic rings. The molecule has 0 aliphatic heterocycles. The number of benzene rings is 1. The highest BCUT2D eigenvalue weighted by Gasteiger charge is 2.22. The maximum Gasteiger partial charge on any atom is 0.293 e. The lowest BCUT2D eigenvalue weighted by molar-refractivity contribution is -0.130. The molecule has 1 unspecified atom stereocenters. The molecule has 0 amide bonds. The van der Waals surface area contributed by atoms with Crippen molar-refractivity contribution in [1.29, 1.82) is 0 Å². The third-order valence-electron chi connectivity index (χ3n) is 5.46. The van der Waals surface area contributed by atoms with Crippen LogP contribution in [0.1, 0.15) is 76.3 Å². The summed E-state index contributed by atoms with van der Waals surface area (Å²) in [6.45, 7) is 10.4. The normalized spacial score (nSPS) is 19.9. The standard InChI is InChI=1S/C22H32O3.C4H8/c1-2-3-4-5-18-6-10-21(11-7-18)22-12-8-19(9-13-22)14-20(15-23)16-25-17-24;1-4(2)3/h2-3,8-9,12-13,17-18,20-21,23H,4-7,10-11,14-16H2,1H3;1H2,2-3H3/b3-2+;. The van der Waals surface area contributed by atoms with Crippen LogP contribution >= 0.6 is 0 Å². The van der Waals surface area contributed by atoms with E-state index in [2.05, 4.69) is 49.9 Å². The van der Waals surface area contributed by atoms with Crippen molar-refractivity contribution in [3.05, 3.63) is 59.7 Å². The van der Waals surface area contributed by atoms with Gasteiger partial charge < -0.3 is 9.84 Å². The smallest absolute Gasteiger partial charge is 0.293 e. The Hall–Kier alpha value is -1.87. The van der Waals surface area contributed by atoms with Gasteiger partial charge in [0.15, 0.2) is 0 Å². The van der Waals surface area contributed by atoms with E-state index in [1.807, 2.05) is 13.8 Å². The fourth-order valence-corrected chi connectivity index (χ4v) is 3.89. The Balaban J connectivity index is 0.000000960. The number of ether oxygens (including phenoxy) is 1. The highest BCUT2D eigenvalue weighted by molar-refractivity contribution is 5.36. The Morgan fingerprint density at radius 3 is 2.34 bits per heavy atom. The minimum Gasteiger partial charge on any atom is -0.468 e. The summed E-state index contributed by atoms with van der Waals surface area (Å²) in [6, 6.07) is 8.82. The van der Waals surface area contributed by atoms with Gasteiger partial charge in [0.05, 0.1) is 6.61 Å². The van der Waals surface area contributed by atoms with E-state index in [-0.39, 0.29) is 19.1 Å². The van der Waals surface area contributed by atoms with Crippen molar-refractivity contribution >= 4 is 6.47 Å². The summed E-state index contributed by atoms with van der Waals surface area (Å²) in [5.41, 5.74) is 3.80. The van der Waals surface area contributed by atoms with Crippen LogP contribution in [-0.2, 0) is 16.0 Å². The van der Waals surface area contributed by atoms with Gasteiger partial charge >= 0.3 is 0 Å². The summed E-state index contributed by atoms with van der Waals surface area (Å²) in [4.78, 5) is 10.3. The number of hydrogen-bond donors (Lipinski definition) is 1. The van der Waals surface area contributed by atoms with Gasteiger partial charge in [-0.2, -0.15) is 0 Å². The minimum atomic E-state index is -0.0244. The average molecular weight is 401 g/mol. The van der Waals surface area contributed by atoms with Crippen LogP contribution in [0, 0.1) is 11.8 Å². The third kappa shape index (κ3) is 11.0. The maximum atomic E-state index is 10.3. The lowest BCUT2D eigenvalue weighted by atomic mass is 9.77. The van der Waals surface area contributed by atoms with Crippen molar-refractivity contribution in [2.75, 3.05) is 13.2 Å². The van der Waals surface area contributed by atoms with Crippen LogP contribution in [0.2, 0.25) is 0 Å². The van der Waals surface area contributed by atoms with Crippen LogP contribution in [-0.4, -0.2) is 24.8 Å². The Morgan fingerprint density at radius 2 is 1.83 bits per heavy atom. The molecule has 1 atom stereocenters. The fourth-order valence-electron chi connectivity index (χ4n) is 3.89. The van der Waals surface area contributed by atoms with Gasteiger partial charge in [0, 0.05) is 12.5 Å². The van der Waals surface area contributed by atoms with E-state index in [1.54, 1.807) is 0 Å². The molecular formula is C26H40O3. The highest BCUT2D eigenvalue weighted by Crippen LogP contribution is 2.37. The van der Waals surface area contributed by atoms with E-state index >= 15 is 0 Å². The van der Waals surface area contributed by atoms with Crippen molar-refractivity contribution in [1.82, 2.24) is 0 Å². The molecule has 0 radical (unpaired) electrons. The molecule has 29 heavy (non-hydrogen) atoms. The van der Waals surface area contributed by atoms with Gasteiger partial charge in [0.1, 0.15) is 0 Å². The fraction of sp³-hybridized carbons (Fsp3) is 0.577. The van der Waals surface area contributed by atoms with E-state index in [1.165, 1.54) is 55.2 Å². The summed E-state index contributed by atoms with van der Waals surface area (Å²) in [5, 5.41) is 9.37. The molecule has 1 aromatic rings. The largest absolute Gasteiger partial charge is 0.468 e. The Kier molecular flexibility index (Phi) is 13.0. The molecule has 0 bridgehead atoms. The molecular weight excluding hydrogens is 360 g/mol. The molecule has 1 aromatic carbocycles. The second-order valence-electron chi connectivity index (χ2n) is 8.50. The van der Waals surface area contributed by atoms with E-state index in [0.29, 0.717) is 12.4 Å². The van der Waals surface area contributed by atoms with Gasteiger partial charge in [-0.05, 0) is 88.7 Å². The zero-order valence-corrected chi connectivity index (χ0v) is 18.6. The number of carbonyl (C=O) groups is 1. The van der Waals surface area contributed by atoms with E-state index < -0.39 is 0 Å². The first kappa shape index (κ1) is 25.2. The predicted octanol–water partition coefficient (Wildman–Crippen LogP) is 6.22. The number of carbonyl (C=O) groups excluding carboxylic acids is 1. The molecule has 3 heteroatoms. The SMILES string of the molecule is C/C=C/CCC1CCC(c2ccc(CC(CO)COC=O)cc2)CC1.C=C(C)C. The van der Waals surface area contributed by atoms with Crippen LogP contribution < -0.4 is 0 Å². The summed E-state index contributed by atoms with van der Waals surface area (Å²) in [6.07, 6.45) is 13.0. The number of rotatable bonds is 10. The topological polar surface area (TPSA) is 46.5 Å². The van der Waals surface area contributed by atoms with Gasteiger partial charge in [-0.15, -0.1) is 6.58 Å². The zero-order valence-electron chi connectivity index (χ0n) is 18.6. The second kappa shape index (κ2) is 15.0. The lowest BCUT2D eigenvalue weighted by Crippen LogP contribution is -2.16. The molecule has 1 N–H and O–H groups in total. The summed E-state index contributed by atoms with van der Waals surface area (Å²) >= 11 is 0. The van der Waals surface area contributed by atoms with E-state index in [0.717, 1.165) is 12.3 Å². The Morgan fingerprint density at radius 1 is 1.21 bits per heavy atom. The van der Waals surface area contributed by atoms with Crippen molar-refractivity contribution in [2.24, 2.45) is 11.8 Å². The van der Waals surface area contributed by atoms with Gasteiger partial charge in [-0.3, -0.25) is 4.79 Å². The van der Waals surface area contributed by atoms with E-state index in [4.69, 9.17) is 4.74 Å². The average Bonchev–Trinajstić information content (AvgIpc) is 2.72. The van der Waals surface area contributed by atoms with Crippen LogP contribution in [0.3, 0.4) is 0 Å². The molecule has 0 heterocycles. The minimum absolute atomic E-state index is 0.0244. The first-order valence-electron chi connectivity index (χ1n) is 11.0. The predicted molar refractivity (Wildman–Crippen MR) is 122 cm³/mol. The summed E-state index contributed by atoms with van der Waals surface area (Å²) in [5.74, 6) is 1.57. The zero-order chi connectivity index (χ0) is 21.5. The number of hydrogen-bond acceptors (Lipinski definition) is 3. The van der Waals surface area contributed by atoms with Crippen LogP contribution in [0.4, 0.5) is 0 Å². The molecule has 1 saturated carbocycles. The summed E-state index contributed by atoms with van der Waals surface area (Å²) < 4.78 is 4.78. The molecule has 162 valence electrons. The molecule has 0 aromatic heterocycles. The Labute approximate surface area is 177 Å². The number of aliphatic hydroxyl groups excluding tert-OH is 1. The van der Waals surface area contributed by atoms with Crippen LogP contribution in [0.15, 0.2) is 48.6 Å². The summed E-state index contributed by atoms with van der Waals surface area (Å²) in [7, 11) is 0. The molecule has 2 rings (SSSR count). The second-order valence-corrected chi connectivity index (χ2v) is 8.50. The quantitative estimate of drug-likeness (QED) is 0.374. The number of aliphatic hydroxyl groups is 1. The molecule has 1 fully saturated rings. The molecule has 1 aliphatic carbocycles. The first-order valence-corrected chi connectivity index (χ1v) is 11.0. The molecule has 0 saturated heterocycles. The van der Waals surface area contributed by atoms with Crippen LogP contribution in [0.25, 0.3) is 0 Å². The van der Waals surface area contributed by atoms with Crippen LogP contribution in [0.5, 0.6) is 0 Å². The third-order valence-corrected chi connectivity index (χ3v) is 5.46. The molecule has 3 nitrogen and oxygen atoms in total. The van der Waals surface area contributed by atoms with Crippen molar-refractivity contribution in [3.8, 4) is 0 Å². The first-order chi connectivity index (χ1) is 14.0. The highest BCUT2D eigenvalue weighted by atomic mass is 16.5.